The van der Waals surface area contributed by atoms with Gasteiger partial charge in [-0.25, -0.2) is 5.43 Å². The fourth-order valence-electron chi connectivity index (χ4n) is 2.37. The van der Waals surface area contributed by atoms with Gasteiger partial charge < -0.3 is 10.1 Å². The van der Waals surface area contributed by atoms with Gasteiger partial charge in [-0.2, -0.15) is 5.10 Å². The Kier molecular flexibility index (Phi) is 6.91. The molecule has 0 saturated carbocycles. The Morgan fingerprint density at radius 2 is 1.77 bits per heavy atom. The first-order valence-electron chi connectivity index (χ1n) is 8.38. The Labute approximate surface area is 153 Å². The second-order valence-corrected chi connectivity index (χ2v) is 5.75. The predicted octanol–water partition coefficient (Wildman–Crippen LogP) is 3.39. The van der Waals surface area contributed by atoms with Crippen LogP contribution >= 0.6 is 0 Å². The number of nitrogens with one attached hydrogen (secondary N) is 2. The topological polar surface area (TPSA) is 79.8 Å². The monoisotopic (exact) mass is 353 g/mol. The molecule has 26 heavy (non-hydrogen) atoms. The molecule has 0 fully saturated rings. The van der Waals surface area contributed by atoms with Crippen molar-refractivity contribution in [3.8, 4) is 5.75 Å². The summed E-state index contributed by atoms with van der Waals surface area (Å²) >= 11 is 0. The number of hydrogen-bond donors (Lipinski definition) is 2. The zero-order chi connectivity index (χ0) is 18.9. The van der Waals surface area contributed by atoms with Crippen molar-refractivity contribution in [3.63, 3.8) is 0 Å². The van der Waals surface area contributed by atoms with Crippen molar-refractivity contribution in [2.45, 2.75) is 26.7 Å². The molecule has 0 saturated heterocycles. The highest BCUT2D eigenvalue weighted by Crippen LogP contribution is 2.15. The Balaban J connectivity index is 1.90. The van der Waals surface area contributed by atoms with E-state index in [2.05, 4.69) is 15.8 Å². The number of para-hydroxylation sites is 1. The molecule has 0 unspecified atom stereocenters. The quantitative estimate of drug-likeness (QED) is 0.591. The number of methoxy groups -OCH3 is 1. The van der Waals surface area contributed by atoms with Gasteiger partial charge >= 0.3 is 0 Å². The number of ether oxygens (including phenoxy) is 1. The van der Waals surface area contributed by atoms with Crippen LogP contribution < -0.4 is 15.5 Å². The van der Waals surface area contributed by atoms with Crippen LogP contribution in [0.4, 0.5) is 5.69 Å². The molecule has 0 aliphatic heterocycles. The average Bonchev–Trinajstić information content (AvgIpc) is 2.66. The summed E-state index contributed by atoms with van der Waals surface area (Å²) in [6.45, 7) is 3.73. The van der Waals surface area contributed by atoms with Crippen LogP contribution in [-0.2, 0) is 11.2 Å². The lowest BCUT2D eigenvalue weighted by Gasteiger charge is -2.09. The molecule has 2 amide bonds. The summed E-state index contributed by atoms with van der Waals surface area (Å²) in [5.41, 5.74) is 5.30. The third-order valence-corrected chi connectivity index (χ3v) is 3.79. The summed E-state index contributed by atoms with van der Waals surface area (Å²) in [5, 5.41) is 6.87. The van der Waals surface area contributed by atoms with Crippen LogP contribution in [0.25, 0.3) is 0 Å². The lowest BCUT2D eigenvalue weighted by molar-refractivity contribution is -0.115. The number of carbonyl (C=O) groups excluding carboxylic acids is 2. The number of anilines is 1. The number of aryl methyl sites for hydroxylation is 1. The molecule has 6 heteroatoms. The standard InChI is InChI=1S/C20H23N3O3/c1-4-15-7-5-6-8-18(15)21-19(24)13-14(2)22-23-20(25)16-9-11-17(26-3)12-10-16/h5-12H,4,13H2,1-3H3,(H,21,24)(H,23,25)/b22-14+. The number of rotatable bonds is 7. The largest absolute Gasteiger partial charge is 0.497 e. The highest BCUT2D eigenvalue weighted by atomic mass is 16.5. The maximum absolute atomic E-state index is 12.2. The van der Waals surface area contributed by atoms with Gasteiger partial charge in [0.1, 0.15) is 5.75 Å². The normalized spacial score (nSPS) is 11.0. The van der Waals surface area contributed by atoms with E-state index in [4.69, 9.17) is 4.74 Å². The van der Waals surface area contributed by atoms with Crippen LogP contribution in [0.2, 0.25) is 0 Å². The zero-order valence-electron chi connectivity index (χ0n) is 15.2. The second kappa shape index (κ2) is 9.36. The summed E-state index contributed by atoms with van der Waals surface area (Å²) in [7, 11) is 1.56. The fourth-order valence-corrected chi connectivity index (χ4v) is 2.37. The van der Waals surface area contributed by atoms with Gasteiger partial charge in [0, 0.05) is 17.0 Å². The Hall–Kier alpha value is -3.15. The molecule has 0 spiro atoms. The van der Waals surface area contributed by atoms with Gasteiger partial charge in [-0.05, 0) is 49.2 Å². The minimum absolute atomic E-state index is 0.0982. The van der Waals surface area contributed by atoms with E-state index in [-0.39, 0.29) is 18.2 Å². The van der Waals surface area contributed by atoms with Crippen LogP contribution in [0.3, 0.4) is 0 Å². The molecule has 136 valence electrons. The predicted molar refractivity (Wildman–Crippen MR) is 103 cm³/mol. The van der Waals surface area contributed by atoms with Gasteiger partial charge in [-0.15, -0.1) is 0 Å². The maximum atomic E-state index is 12.2. The molecule has 2 rings (SSSR count). The van der Waals surface area contributed by atoms with Crippen LogP contribution in [0, 0.1) is 0 Å². The number of carbonyl (C=O) groups is 2. The number of amides is 2. The van der Waals surface area contributed by atoms with Crippen molar-refractivity contribution < 1.29 is 14.3 Å². The lowest BCUT2D eigenvalue weighted by atomic mass is 10.1. The molecule has 0 aliphatic carbocycles. The molecule has 0 radical (unpaired) electrons. The van der Waals surface area contributed by atoms with E-state index in [0.29, 0.717) is 17.0 Å². The molecule has 0 heterocycles. The van der Waals surface area contributed by atoms with Gasteiger partial charge in [0.15, 0.2) is 0 Å². The van der Waals surface area contributed by atoms with E-state index < -0.39 is 0 Å². The van der Waals surface area contributed by atoms with Crippen molar-refractivity contribution in [1.29, 1.82) is 0 Å². The molecule has 0 aliphatic rings. The summed E-state index contributed by atoms with van der Waals surface area (Å²) < 4.78 is 5.05. The van der Waals surface area contributed by atoms with E-state index in [9.17, 15) is 9.59 Å². The number of hydrogen-bond acceptors (Lipinski definition) is 4. The Morgan fingerprint density at radius 3 is 2.42 bits per heavy atom. The van der Waals surface area contributed by atoms with Crippen molar-refractivity contribution in [2.24, 2.45) is 5.10 Å². The fraction of sp³-hybridized carbons (Fsp3) is 0.250. The van der Waals surface area contributed by atoms with Gasteiger partial charge in [0.2, 0.25) is 5.91 Å². The Morgan fingerprint density at radius 1 is 1.08 bits per heavy atom. The van der Waals surface area contributed by atoms with Crippen LogP contribution in [0.1, 0.15) is 36.2 Å². The van der Waals surface area contributed by atoms with E-state index in [1.165, 1.54) is 0 Å². The van der Waals surface area contributed by atoms with Gasteiger partial charge in [-0.3, -0.25) is 9.59 Å². The minimum Gasteiger partial charge on any atom is -0.497 e. The third kappa shape index (κ3) is 5.44. The van der Waals surface area contributed by atoms with Crippen LogP contribution in [0.5, 0.6) is 5.75 Å². The number of nitrogens with zero attached hydrogens (tertiary/aromatic N) is 1. The summed E-state index contributed by atoms with van der Waals surface area (Å²) in [6, 6.07) is 14.4. The zero-order valence-corrected chi connectivity index (χ0v) is 15.2. The molecule has 0 bridgehead atoms. The first-order chi connectivity index (χ1) is 12.5. The van der Waals surface area contributed by atoms with Crippen molar-refractivity contribution in [1.82, 2.24) is 5.43 Å². The number of hydrazone groups is 1. The molecule has 2 aromatic carbocycles. The third-order valence-electron chi connectivity index (χ3n) is 3.79. The molecule has 2 aromatic rings. The molecule has 6 nitrogen and oxygen atoms in total. The average molecular weight is 353 g/mol. The molecule has 0 atom stereocenters. The molecule has 2 N–H and O–H groups in total. The lowest BCUT2D eigenvalue weighted by Crippen LogP contribution is -2.21. The maximum Gasteiger partial charge on any atom is 0.271 e. The summed E-state index contributed by atoms with van der Waals surface area (Å²) in [5.74, 6) is 0.153. The van der Waals surface area contributed by atoms with Crippen molar-refractivity contribution >= 4 is 23.2 Å². The molecular formula is C20H23N3O3. The highest BCUT2D eigenvalue weighted by molar-refractivity contribution is 6.06. The van der Waals surface area contributed by atoms with E-state index in [1.807, 2.05) is 31.2 Å². The van der Waals surface area contributed by atoms with Crippen LogP contribution in [-0.4, -0.2) is 24.6 Å². The van der Waals surface area contributed by atoms with Gasteiger partial charge in [-0.1, -0.05) is 25.1 Å². The number of benzene rings is 2. The molecular weight excluding hydrogens is 330 g/mol. The SMILES string of the molecule is CCc1ccccc1NC(=O)C/C(C)=N/NC(=O)c1ccc(OC)cc1. The first-order valence-corrected chi connectivity index (χ1v) is 8.38. The Bertz CT molecular complexity index is 798. The van der Waals surface area contributed by atoms with Crippen molar-refractivity contribution in [3.05, 3.63) is 59.7 Å². The smallest absolute Gasteiger partial charge is 0.271 e. The van der Waals surface area contributed by atoms with E-state index in [1.54, 1.807) is 38.3 Å². The summed E-state index contributed by atoms with van der Waals surface area (Å²) in [6.07, 6.45) is 0.933. The van der Waals surface area contributed by atoms with Gasteiger partial charge in [0.05, 0.1) is 13.5 Å². The highest BCUT2D eigenvalue weighted by Gasteiger charge is 2.08. The van der Waals surface area contributed by atoms with E-state index in [0.717, 1.165) is 17.7 Å². The second-order valence-electron chi connectivity index (χ2n) is 5.75. The van der Waals surface area contributed by atoms with E-state index >= 15 is 0 Å². The minimum atomic E-state index is -0.344. The first kappa shape index (κ1) is 19.2. The summed E-state index contributed by atoms with van der Waals surface area (Å²) in [4.78, 5) is 24.2. The van der Waals surface area contributed by atoms with Gasteiger partial charge in [0.25, 0.3) is 5.91 Å². The van der Waals surface area contributed by atoms with Crippen LogP contribution in [0.15, 0.2) is 53.6 Å². The van der Waals surface area contributed by atoms with Crippen molar-refractivity contribution in [2.75, 3.05) is 12.4 Å². The molecule has 0 aromatic heterocycles.